The van der Waals surface area contributed by atoms with E-state index in [1.807, 2.05) is 6.92 Å². The number of nitrogens with zero attached hydrogens (tertiary/aromatic N) is 2. The van der Waals surface area contributed by atoms with Gasteiger partial charge in [0.05, 0.1) is 4.92 Å². The number of carbonyl (C=O) groups excluding carboxylic acids is 1. The molecule has 6 nitrogen and oxygen atoms in total. The Labute approximate surface area is 117 Å². The molecule has 20 heavy (non-hydrogen) atoms. The van der Waals surface area contributed by atoms with E-state index >= 15 is 0 Å². The summed E-state index contributed by atoms with van der Waals surface area (Å²) >= 11 is 0. The molecule has 0 spiro atoms. The van der Waals surface area contributed by atoms with Crippen LogP contribution in [-0.4, -0.2) is 34.9 Å². The molecule has 1 aliphatic rings. The zero-order valence-electron chi connectivity index (χ0n) is 11.5. The van der Waals surface area contributed by atoms with Crippen LogP contribution in [-0.2, 0) is 6.42 Å². The van der Waals surface area contributed by atoms with Gasteiger partial charge in [0.25, 0.3) is 11.6 Å². The number of amides is 1. The lowest BCUT2D eigenvalue weighted by atomic mass is 10.0. The van der Waals surface area contributed by atoms with Crippen molar-refractivity contribution in [3.05, 3.63) is 39.4 Å². The molecule has 108 valence electrons. The number of carbonyl (C=O) groups is 1. The van der Waals surface area contributed by atoms with Crippen molar-refractivity contribution in [2.45, 2.75) is 32.2 Å². The highest BCUT2D eigenvalue weighted by Crippen LogP contribution is 2.22. The minimum atomic E-state index is -0.433. The molecule has 2 rings (SSSR count). The van der Waals surface area contributed by atoms with E-state index in [-0.39, 0.29) is 17.6 Å². The molecule has 1 heterocycles. The van der Waals surface area contributed by atoms with Gasteiger partial charge in [-0.2, -0.15) is 0 Å². The van der Waals surface area contributed by atoms with Crippen LogP contribution in [0.3, 0.4) is 0 Å². The van der Waals surface area contributed by atoms with Crippen molar-refractivity contribution in [2.24, 2.45) is 5.73 Å². The van der Waals surface area contributed by atoms with Gasteiger partial charge in [-0.15, -0.1) is 0 Å². The molecule has 0 radical (unpaired) electrons. The van der Waals surface area contributed by atoms with Gasteiger partial charge in [-0.25, -0.2) is 0 Å². The van der Waals surface area contributed by atoms with E-state index in [1.165, 1.54) is 6.07 Å². The monoisotopic (exact) mass is 277 g/mol. The summed E-state index contributed by atoms with van der Waals surface area (Å²) in [6, 6.07) is 4.70. The van der Waals surface area contributed by atoms with Crippen molar-refractivity contribution in [2.75, 3.05) is 13.1 Å². The Hall–Kier alpha value is -1.95. The Morgan fingerprint density at radius 1 is 1.55 bits per heavy atom. The van der Waals surface area contributed by atoms with E-state index in [0.29, 0.717) is 30.6 Å². The number of likely N-dealkylation sites (tertiary alicyclic amines) is 1. The topological polar surface area (TPSA) is 89.5 Å². The quantitative estimate of drug-likeness (QED) is 0.673. The van der Waals surface area contributed by atoms with E-state index < -0.39 is 4.92 Å². The van der Waals surface area contributed by atoms with Gasteiger partial charge < -0.3 is 10.6 Å². The third-order valence-electron chi connectivity index (χ3n) is 3.65. The Bertz CT molecular complexity index is 530. The number of nitro benzene ring substituents is 1. The number of benzene rings is 1. The summed E-state index contributed by atoms with van der Waals surface area (Å²) in [7, 11) is 0. The summed E-state index contributed by atoms with van der Waals surface area (Å²) in [5, 5.41) is 11.0. The molecule has 1 aromatic carbocycles. The lowest BCUT2D eigenvalue weighted by Gasteiger charge is -2.30. The van der Waals surface area contributed by atoms with Crippen molar-refractivity contribution < 1.29 is 9.72 Å². The SMILES string of the molecule is CCc1ccc(C(=O)N2CCCC(N)C2)cc1[N+](=O)[O-]. The summed E-state index contributed by atoms with van der Waals surface area (Å²) in [6.45, 7) is 3.03. The van der Waals surface area contributed by atoms with Crippen molar-refractivity contribution in [1.29, 1.82) is 0 Å². The average Bonchev–Trinajstić information content (AvgIpc) is 2.45. The van der Waals surface area contributed by atoms with Crippen LogP contribution in [0.5, 0.6) is 0 Å². The van der Waals surface area contributed by atoms with Gasteiger partial charge in [0, 0.05) is 36.3 Å². The lowest BCUT2D eigenvalue weighted by molar-refractivity contribution is -0.385. The maximum atomic E-state index is 12.4. The summed E-state index contributed by atoms with van der Waals surface area (Å²) in [6.07, 6.45) is 2.36. The van der Waals surface area contributed by atoms with Crippen molar-refractivity contribution in [1.82, 2.24) is 4.90 Å². The maximum Gasteiger partial charge on any atom is 0.273 e. The second kappa shape index (κ2) is 6.00. The molecule has 1 atom stereocenters. The fourth-order valence-corrected chi connectivity index (χ4v) is 2.54. The minimum Gasteiger partial charge on any atom is -0.337 e. The molecule has 1 fully saturated rings. The Morgan fingerprint density at radius 3 is 2.90 bits per heavy atom. The van der Waals surface area contributed by atoms with Crippen LogP contribution in [0.4, 0.5) is 5.69 Å². The van der Waals surface area contributed by atoms with Crippen molar-refractivity contribution in [3.8, 4) is 0 Å². The van der Waals surface area contributed by atoms with Crippen LogP contribution >= 0.6 is 0 Å². The molecular weight excluding hydrogens is 258 g/mol. The number of nitrogens with two attached hydrogens (primary N) is 1. The van der Waals surface area contributed by atoms with E-state index in [9.17, 15) is 14.9 Å². The first-order valence-electron chi connectivity index (χ1n) is 6.85. The molecule has 0 aromatic heterocycles. The number of aryl methyl sites for hydroxylation is 1. The number of nitro groups is 1. The second-order valence-electron chi connectivity index (χ2n) is 5.11. The standard InChI is InChI=1S/C14H19N3O3/c1-2-10-5-6-11(8-13(10)17(19)20)14(18)16-7-3-4-12(15)9-16/h5-6,8,12H,2-4,7,9,15H2,1H3. The number of rotatable bonds is 3. The van der Waals surface area contributed by atoms with E-state index in [4.69, 9.17) is 5.73 Å². The molecule has 2 N–H and O–H groups in total. The predicted molar refractivity (Wildman–Crippen MR) is 75.6 cm³/mol. The maximum absolute atomic E-state index is 12.4. The average molecular weight is 277 g/mol. The van der Waals surface area contributed by atoms with Crippen LogP contribution in [0.2, 0.25) is 0 Å². The molecule has 6 heteroatoms. The van der Waals surface area contributed by atoms with Gasteiger partial charge in [-0.3, -0.25) is 14.9 Å². The van der Waals surface area contributed by atoms with Crippen LogP contribution in [0.1, 0.15) is 35.7 Å². The molecule has 1 amide bonds. The van der Waals surface area contributed by atoms with Gasteiger partial charge in [0.1, 0.15) is 0 Å². The third-order valence-corrected chi connectivity index (χ3v) is 3.65. The van der Waals surface area contributed by atoms with E-state index in [0.717, 1.165) is 12.8 Å². The smallest absolute Gasteiger partial charge is 0.273 e. The lowest BCUT2D eigenvalue weighted by Crippen LogP contribution is -2.45. The highest BCUT2D eigenvalue weighted by molar-refractivity contribution is 5.95. The number of hydrogen-bond acceptors (Lipinski definition) is 4. The molecule has 1 aromatic rings. The van der Waals surface area contributed by atoms with Crippen LogP contribution < -0.4 is 5.73 Å². The van der Waals surface area contributed by atoms with Gasteiger partial charge in [-0.1, -0.05) is 13.0 Å². The summed E-state index contributed by atoms with van der Waals surface area (Å²) in [5.41, 5.74) is 6.88. The number of hydrogen-bond donors (Lipinski definition) is 1. The second-order valence-corrected chi connectivity index (χ2v) is 5.11. The van der Waals surface area contributed by atoms with Crippen molar-refractivity contribution in [3.63, 3.8) is 0 Å². The molecule has 1 saturated heterocycles. The fourth-order valence-electron chi connectivity index (χ4n) is 2.54. The first-order valence-corrected chi connectivity index (χ1v) is 6.85. The number of piperidine rings is 1. The van der Waals surface area contributed by atoms with Crippen molar-refractivity contribution >= 4 is 11.6 Å². The highest BCUT2D eigenvalue weighted by Gasteiger charge is 2.24. The summed E-state index contributed by atoms with van der Waals surface area (Å²) in [4.78, 5) is 24.7. The zero-order valence-corrected chi connectivity index (χ0v) is 11.5. The summed E-state index contributed by atoms with van der Waals surface area (Å²) in [5.74, 6) is -0.175. The van der Waals surface area contributed by atoms with Gasteiger partial charge in [0.15, 0.2) is 0 Å². The van der Waals surface area contributed by atoms with E-state index in [1.54, 1.807) is 17.0 Å². The molecule has 0 aliphatic carbocycles. The predicted octanol–water partition coefficient (Wildman–Crippen LogP) is 1.72. The zero-order chi connectivity index (χ0) is 14.7. The van der Waals surface area contributed by atoms with Gasteiger partial charge >= 0.3 is 0 Å². The molecule has 0 saturated carbocycles. The Kier molecular flexibility index (Phi) is 4.34. The van der Waals surface area contributed by atoms with Gasteiger partial charge in [-0.05, 0) is 25.3 Å². The highest BCUT2D eigenvalue weighted by atomic mass is 16.6. The third kappa shape index (κ3) is 2.96. The normalized spacial score (nSPS) is 18.9. The van der Waals surface area contributed by atoms with Crippen LogP contribution in [0.25, 0.3) is 0 Å². The van der Waals surface area contributed by atoms with Gasteiger partial charge in [0.2, 0.25) is 0 Å². The Morgan fingerprint density at radius 2 is 2.30 bits per heavy atom. The first-order chi connectivity index (χ1) is 9.52. The first kappa shape index (κ1) is 14.5. The summed E-state index contributed by atoms with van der Waals surface area (Å²) < 4.78 is 0. The fraction of sp³-hybridized carbons (Fsp3) is 0.500. The molecule has 1 unspecified atom stereocenters. The minimum absolute atomic E-state index is 0.00222. The molecular formula is C14H19N3O3. The van der Waals surface area contributed by atoms with Crippen LogP contribution in [0.15, 0.2) is 18.2 Å². The van der Waals surface area contributed by atoms with E-state index in [2.05, 4.69) is 0 Å². The van der Waals surface area contributed by atoms with Crippen LogP contribution in [0, 0.1) is 10.1 Å². The molecule has 1 aliphatic heterocycles. The Balaban J connectivity index is 2.26. The largest absolute Gasteiger partial charge is 0.337 e. The molecule has 0 bridgehead atoms.